The second kappa shape index (κ2) is 7.53. The summed E-state index contributed by atoms with van der Waals surface area (Å²) >= 11 is 0. The van der Waals surface area contributed by atoms with Crippen LogP contribution in [0.3, 0.4) is 0 Å². The number of nitrogens with one attached hydrogen (secondary N) is 2. The summed E-state index contributed by atoms with van der Waals surface area (Å²) in [4.78, 5) is 12.5. The minimum absolute atomic E-state index is 0.0580. The fraction of sp³-hybridized carbons (Fsp3) is 0.150. The molecule has 1 aromatic heterocycles. The Bertz CT molecular complexity index is 948. The number of hydrazine groups is 2. The normalized spacial score (nSPS) is 16.9. The Labute approximate surface area is 157 Å². The van der Waals surface area contributed by atoms with E-state index in [4.69, 9.17) is 0 Å². The Morgan fingerprint density at radius 1 is 1.15 bits per heavy atom. The maximum absolute atomic E-state index is 12.5. The molecular weight excluding hydrogens is 340 g/mol. The third-order valence-corrected chi connectivity index (χ3v) is 4.53. The summed E-state index contributed by atoms with van der Waals surface area (Å²) in [6.45, 7) is 2.69. The van der Waals surface area contributed by atoms with Crippen LogP contribution < -0.4 is 11.0 Å². The molecule has 1 saturated heterocycles. The zero-order valence-corrected chi connectivity index (χ0v) is 14.9. The van der Waals surface area contributed by atoms with Gasteiger partial charge in [-0.05, 0) is 36.8 Å². The van der Waals surface area contributed by atoms with Crippen LogP contribution >= 0.6 is 0 Å². The van der Waals surface area contributed by atoms with E-state index in [1.54, 1.807) is 35.3 Å². The van der Waals surface area contributed by atoms with Crippen LogP contribution in [-0.4, -0.2) is 32.3 Å². The van der Waals surface area contributed by atoms with E-state index in [2.05, 4.69) is 33.4 Å². The minimum Gasteiger partial charge on any atom is -0.293 e. The van der Waals surface area contributed by atoms with Crippen molar-refractivity contribution in [3.8, 4) is 5.69 Å². The number of benzene rings is 2. The lowest BCUT2D eigenvalue weighted by atomic mass is 10.1. The van der Waals surface area contributed by atoms with Gasteiger partial charge in [0.1, 0.15) is 0 Å². The van der Waals surface area contributed by atoms with Gasteiger partial charge in [-0.1, -0.05) is 35.5 Å². The molecule has 2 N–H and O–H groups in total. The van der Waals surface area contributed by atoms with Gasteiger partial charge in [0.15, 0.2) is 5.78 Å². The fourth-order valence-corrected chi connectivity index (χ4v) is 3.06. The van der Waals surface area contributed by atoms with Crippen molar-refractivity contribution in [1.82, 2.24) is 31.0 Å². The third kappa shape index (κ3) is 3.64. The number of rotatable bonds is 5. The quantitative estimate of drug-likeness (QED) is 0.537. The van der Waals surface area contributed by atoms with Crippen molar-refractivity contribution in [2.75, 3.05) is 6.54 Å². The smallest absolute Gasteiger partial charge is 0.187 e. The van der Waals surface area contributed by atoms with Gasteiger partial charge >= 0.3 is 0 Å². The molecule has 0 bridgehead atoms. The van der Waals surface area contributed by atoms with Gasteiger partial charge in [-0.2, -0.15) is 5.53 Å². The second-order valence-electron chi connectivity index (χ2n) is 6.34. The Kier molecular flexibility index (Phi) is 4.78. The molecule has 1 atom stereocenters. The average molecular weight is 360 g/mol. The van der Waals surface area contributed by atoms with Crippen LogP contribution in [0, 0.1) is 6.92 Å². The van der Waals surface area contributed by atoms with Crippen molar-refractivity contribution < 1.29 is 4.79 Å². The van der Waals surface area contributed by atoms with Crippen LogP contribution in [0.15, 0.2) is 73.1 Å². The Morgan fingerprint density at radius 3 is 2.63 bits per heavy atom. The maximum atomic E-state index is 12.5. The van der Waals surface area contributed by atoms with Gasteiger partial charge in [0.05, 0.1) is 23.6 Å². The standard InChI is InChI=1S/C20H20N6O/c1-15-13-21-24-26(15)18-9-7-17(8-10-18)20(27)11-12-25-19(14-22-23-25)16-5-3-2-4-6-16/h2-13,19,22-23H,14H2,1H3/b12-11+. The molecule has 27 heavy (non-hydrogen) atoms. The zero-order chi connectivity index (χ0) is 18.6. The van der Waals surface area contributed by atoms with Crippen LogP contribution in [0.25, 0.3) is 5.69 Å². The molecule has 1 aliphatic rings. The van der Waals surface area contributed by atoms with Gasteiger partial charge in [0.25, 0.3) is 0 Å². The van der Waals surface area contributed by atoms with Crippen molar-refractivity contribution in [3.05, 3.63) is 89.9 Å². The summed E-state index contributed by atoms with van der Waals surface area (Å²) in [6, 6.07) is 17.6. The predicted molar refractivity (Wildman–Crippen MR) is 102 cm³/mol. The molecule has 7 heteroatoms. The number of carbonyl (C=O) groups excluding carboxylic acids is 1. The highest BCUT2D eigenvalue weighted by Crippen LogP contribution is 2.21. The molecule has 1 fully saturated rings. The first-order valence-corrected chi connectivity index (χ1v) is 8.74. The van der Waals surface area contributed by atoms with E-state index in [1.165, 1.54) is 5.56 Å². The molecule has 7 nitrogen and oxygen atoms in total. The van der Waals surface area contributed by atoms with E-state index in [-0.39, 0.29) is 11.8 Å². The number of carbonyl (C=O) groups is 1. The van der Waals surface area contributed by atoms with Crippen molar-refractivity contribution in [2.45, 2.75) is 13.0 Å². The number of aromatic nitrogens is 3. The highest BCUT2D eigenvalue weighted by atomic mass is 16.1. The molecule has 136 valence electrons. The molecule has 0 aliphatic carbocycles. The molecule has 1 aliphatic heterocycles. The third-order valence-electron chi connectivity index (χ3n) is 4.53. The average Bonchev–Trinajstić information content (AvgIpc) is 3.36. The lowest BCUT2D eigenvalue weighted by molar-refractivity contribution is 0.104. The summed E-state index contributed by atoms with van der Waals surface area (Å²) in [5.41, 5.74) is 9.80. The number of allylic oxidation sites excluding steroid dienone is 1. The first-order valence-electron chi connectivity index (χ1n) is 8.74. The van der Waals surface area contributed by atoms with Crippen molar-refractivity contribution in [3.63, 3.8) is 0 Å². The van der Waals surface area contributed by atoms with Crippen LogP contribution in [0.5, 0.6) is 0 Å². The summed E-state index contributed by atoms with van der Waals surface area (Å²) in [7, 11) is 0. The van der Waals surface area contributed by atoms with Crippen LogP contribution in [-0.2, 0) is 0 Å². The number of ketones is 1. The minimum atomic E-state index is -0.0580. The molecule has 3 aromatic rings. The summed E-state index contributed by atoms with van der Waals surface area (Å²) in [6.07, 6.45) is 5.04. The first-order chi connectivity index (χ1) is 13.2. The maximum Gasteiger partial charge on any atom is 0.187 e. The van der Waals surface area contributed by atoms with Gasteiger partial charge in [-0.25, -0.2) is 10.1 Å². The van der Waals surface area contributed by atoms with E-state index in [0.717, 1.165) is 17.9 Å². The first kappa shape index (κ1) is 17.1. The van der Waals surface area contributed by atoms with E-state index in [9.17, 15) is 4.79 Å². The molecule has 2 aromatic carbocycles. The largest absolute Gasteiger partial charge is 0.293 e. The molecule has 0 saturated carbocycles. The topological polar surface area (TPSA) is 75.1 Å². The summed E-state index contributed by atoms with van der Waals surface area (Å²) < 4.78 is 1.73. The van der Waals surface area contributed by atoms with Crippen LogP contribution in [0.4, 0.5) is 0 Å². The second-order valence-corrected chi connectivity index (χ2v) is 6.34. The molecule has 0 amide bonds. The lowest BCUT2D eigenvalue weighted by Gasteiger charge is -2.20. The lowest BCUT2D eigenvalue weighted by Crippen LogP contribution is -2.32. The number of hydrogen-bond donors (Lipinski definition) is 2. The molecular formula is C20H20N6O. The fourth-order valence-electron chi connectivity index (χ4n) is 3.06. The number of hydrogen-bond acceptors (Lipinski definition) is 6. The predicted octanol–water partition coefficient (Wildman–Crippen LogP) is 2.34. The van der Waals surface area contributed by atoms with Crippen molar-refractivity contribution in [2.24, 2.45) is 0 Å². The van der Waals surface area contributed by atoms with Crippen LogP contribution in [0.1, 0.15) is 27.7 Å². The highest BCUT2D eigenvalue weighted by Gasteiger charge is 2.22. The Hall–Kier alpha value is -3.29. The van der Waals surface area contributed by atoms with Gasteiger partial charge in [-0.3, -0.25) is 9.80 Å². The Morgan fingerprint density at radius 2 is 1.93 bits per heavy atom. The SMILES string of the molecule is Cc1cnnn1-c1ccc(C(=O)/C=C/N2NNCC2c2ccccc2)cc1. The van der Waals surface area contributed by atoms with E-state index < -0.39 is 0 Å². The van der Waals surface area contributed by atoms with Crippen molar-refractivity contribution >= 4 is 5.78 Å². The number of nitrogens with zero attached hydrogens (tertiary/aromatic N) is 4. The molecule has 4 rings (SSSR count). The van der Waals surface area contributed by atoms with Gasteiger partial charge in [-0.15, -0.1) is 5.10 Å². The zero-order valence-electron chi connectivity index (χ0n) is 14.9. The monoisotopic (exact) mass is 360 g/mol. The van der Waals surface area contributed by atoms with E-state index >= 15 is 0 Å². The highest BCUT2D eigenvalue weighted by molar-refractivity contribution is 6.04. The molecule has 0 spiro atoms. The van der Waals surface area contributed by atoms with Crippen LogP contribution in [0.2, 0.25) is 0 Å². The van der Waals surface area contributed by atoms with Crippen molar-refractivity contribution in [1.29, 1.82) is 0 Å². The van der Waals surface area contributed by atoms with Gasteiger partial charge in [0.2, 0.25) is 0 Å². The molecule has 1 unspecified atom stereocenters. The van der Waals surface area contributed by atoms with E-state index in [0.29, 0.717) is 5.56 Å². The van der Waals surface area contributed by atoms with Gasteiger partial charge in [0, 0.05) is 24.4 Å². The molecule has 0 radical (unpaired) electrons. The van der Waals surface area contributed by atoms with Gasteiger partial charge < -0.3 is 0 Å². The Balaban J connectivity index is 1.46. The van der Waals surface area contributed by atoms with E-state index in [1.807, 2.05) is 42.3 Å². The molecule has 2 heterocycles. The summed E-state index contributed by atoms with van der Waals surface area (Å²) in [5, 5.41) is 9.81. The summed E-state index contributed by atoms with van der Waals surface area (Å²) in [5.74, 6) is -0.0580. The number of aryl methyl sites for hydroxylation is 1.